The summed E-state index contributed by atoms with van der Waals surface area (Å²) in [5.41, 5.74) is 1.17. The fourth-order valence-corrected chi connectivity index (χ4v) is 5.06. The van der Waals surface area contributed by atoms with Gasteiger partial charge in [0.05, 0.1) is 11.1 Å². The lowest BCUT2D eigenvalue weighted by molar-refractivity contribution is 0.485. The van der Waals surface area contributed by atoms with E-state index < -0.39 is 0 Å². The van der Waals surface area contributed by atoms with Crippen molar-refractivity contribution in [3.05, 3.63) is 32.6 Å². The van der Waals surface area contributed by atoms with Gasteiger partial charge in [-0.1, -0.05) is 18.7 Å². The summed E-state index contributed by atoms with van der Waals surface area (Å²) in [6, 6.07) is 0. The van der Waals surface area contributed by atoms with Crippen LogP contribution in [0.25, 0.3) is 10.2 Å². The molecular formula is C15H16N4O2S2. The van der Waals surface area contributed by atoms with E-state index in [0.29, 0.717) is 28.6 Å². The molecule has 0 aliphatic heterocycles. The minimum Gasteiger partial charge on any atom is -0.425 e. The van der Waals surface area contributed by atoms with Crippen LogP contribution in [-0.4, -0.2) is 20.2 Å². The van der Waals surface area contributed by atoms with Gasteiger partial charge in [-0.05, 0) is 30.7 Å². The van der Waals surface area contributed by atoms with Gasteiger partial charge in [0.2, 0.25) is 11.8 Å². The quantitative estimate of drug-likeness (QED) is 0.578. The summed E-state index contributed by atoms with van der Waals surface area (Å²) in [6.45, 7) is 4.02. The molecule has 0 radical (unpaired) electrons. The molecule has 3 aromatic rings. The molecule has 3 heterocycles. The van der Waals surface area contributed by atoms with E-state index >= 15 is 0 Å². The van der Waals surface area contributed by atoms with Crippen LogP contribution in [0, 0.1) is 12.8 Å². The van der Waals surface area contributed by atoms with Gasteiger partial charge in [0.25, 0.3) is 5.56 Å². The van der Waals surface area contributed by atoms with Crippen molar-refractivity contribution >= 4 is 33.3 Å². The molecule has 120 valence electrons. The molecular weight excluding hydrogens is 332 g/mol. The van der Waals surface area contributed by atoms with Gasteiger partial charge < -0.3 is 9.40 Å². The minimum atomic E-state index is -0.0359. The molecule has 0 saturated carbocycles. The van der Waals surface area contributed by atoms with E-state index in [1.807, 2.05) is 0 Å². The van der Waals surface area contributed by atoms with Crippen molar-refractivity contribution < 1.29 is 4.42 Å². The number of nitrogens with zero attached hydrogens (tertiary/aromatic N) is 3. The van der Waals surface area contributed by atoms with E-state index in [-0.39, 0.29) is 5.56 Å². The summed E-state index contributed by atoms with van der Waals surface area (Å²) in [5.74, 6) is 2.26. The van der Waals surface area contributed by atoms with E-state index in [9.17, 15) is 4.79 Å². The van der Waals surface area contributed by atoms with Crippen LogP contribution in [0.4, 0.5) is 0 Å². The fourth-order valence-electron chi connectivity index (χ4n) is 2.92. The van der Waals surface area contributed by atoms with E-state index in [0.717, 1.165) is 29.5 Å². The molecule has 6 nitrogen and oxygen atoms in total. The van der Waals surface area contributed by atoms with Crippen molar-refractivity contribution in [2.24, 2.45) is 5.92 Å². The van der Waals surface area contributed by atoms with Gasteiger partial charge in [0.1, 0.15) is 4.83 Å². The van der Waals surface area contributed by atoms with Crippen LogP contribution in [0.1, 0.15) is 35.6 Å². The molecule has 1 aliphatic rings. The van der Waals surface area contributed by atoms with Crippen LogP contribution in [0.15, 0.2) is 14.4 Å². The second-order valence-corrected chi connectivity index (χ2v) is 7.95. The Hall–Kier alpha value is -1.67. The number of aromatic amines is 1. The number of hydrogen-bond donors (Lipinski definition) is 1. The molecule has 1 aliphatic carbocycles. The highest BCUT2D eigenvalue weighted by Gasteiger charge is 2.23. The van der Waals surface area contributed by atoms with E-state index in [4.69, 9.17) is 4.42 Å². The molecule has 0 saturated heterocycles. The average molecular weight is 348 g/mol. The lowest BCUT2D eigenvalue weighted by Gasteiger charge is -2.17. The molecule has 1 atom stereocenters. The number of rotatable bonds is 3. The highest BCUT2D eigenvalue weighted by molar-refractivity contribution is 7.98. The van der Waals surface area contributed by atoms with Gasteiger partial charge >= 0.3 is 0 Å². The summed E-state index contributed by atoms with van der Waals surface area (Å²) in [5, 5.41) is 9.14. The number of thiophene rings is 1. The van der Waals surface area contributed by atoms with Gasteiger partial charge in [0, 0.05) is 11.8 Å². The normalized spacial score (nSPS) is 17.6. The number of fused-ring (bicyclic) bond motifs is 3. The van der Waals surface area contributed by atoms with Gasteiger partial charge in [-0.25, -0.2) is 4.98 Å². The molecule has 0 fully saturated rings. The Bertz CT molecular complexity index is 927. The van der Waals surface area contributed by atoms with Crippen molar-refractivity contribution in [2.45, 2.75) is 44.0 Å². The summed E-state index contributed by atoms with van der Waals surface area (Å²) in [7, 11) is 0. The number of hydrogen-bond acceptors (Lipinski definition) is 7. The standard InChI is InChI=1S/C15H16N4O2S2/c1-7-3-4-9-10(5-7)23-14-12(9)13(20)16-15(17-14)22-6-11-19-18-8(2)21-11/h7H,3-6H2,1-2H3,(H,16,17,20)/t7-/m1/s1. The molecule has 8 heteroatoms. The Labute approximate surface area is 140 Å². The number of aromatic nitrogens is 4. The summed E-state index contributed by atoms with van der Waals surface area (Å²) in [4.78, 5) is 22.2. The van der Waals surface area contributed by atoms with Crippen molar-refractivity contribution in [3.8, 4) is 0 Å². The van der Waals surface area contributed by atoms with Crippen LogP contribution in [-0.2, 0) is 18.6 Å². The highest BCUT2D eigenvalue weighted by Crippen LogP contribution is 2.36. The van der Waals surface area contributed by atoms with Crippen LogP contribution >= 0.6 is 23.1 Å². The first-order valence-electron chi connectivity index (χ1n) is 7.56. The zero-order valence-electron chi connectivity index (χ0n) is 12.9. The maximum atomic E-state index is 12.5. The lowest BCUT2D eigenvalue weighted by Crippen LogP contribution is -2.13. The fraction of sp³-hybridized carbons (Fsp3) is 0.467. The van der Waals surface area contributed by atoms with Crippen molar-refractivity contribution in [2.75, 3.05) is 0 Å². The van der Waals surface area contributed by atoms with Crippen LogP contribution in [0.5, 0.6) is 0 Å². The molecule has 0 aromatic carbocycles. The van der Waals surface area contributed by atoms with Crippen molar-refractivity contribution in [1.29, 1.82) is 0 Å². The van der Waals surface area contributed by atoms with E-state index in [1.54, 1.807) is 18.3 Å². The van der Waals surface area contributed by atoms with Gasteiger partial charge in [0.15, 0.2) is 5.16 Å². The molecule has 4 rings (SSSR count). The van der Waals surface area contributed by atoms with Gasteiger partial charge in [-0.3, -0.25) is 4.79 Å². The van der Waals surface area contributed by atoms with Crippen LogP contribution in [0.3, 0.4) is 0 Å². The highest BCUT2D eigenvalue weighted by atomic mass is 32.2. The molecule has 0 bridgehead atoms. The second-order valence-electron chi connectivity index (χ2n) is 5.91. The SMILES string of the molecule is Cc1nnc(CSc2nc3sc4c(c3c(=O)[nH]2)CC[C@@H](C)C4)o1. The summed E-state index contributed by atoms with van der Waals surface area (Å²) >= 11 is 3.07. The van der Waals surface area contributed by atoms with Crippen molar-refractivity contribution in [3.63, 3.8) is 0 Å². The smallest absolute Gasteiger partial charge is 0.260 e. The second kappa shape index (κ2) is 5.76. The third kappa shape index (κ3) is 2.81. The molecule has 3 aromatic heterocycles. The molecule has 0 amide bonds. The number of nitrogens with one attached hydrogen (secondary N) is 1. The maximum absolute atomic E-state index is 12.5. The Morgan fingerprint density at radius 3 is 3.09 bits per heavy atom. The molecule has 0 unspecified atom stereocenters. The Morgan fingerprint density at radius 1 is 1.43 bits per heavy atom. The molecule has 0 spiro atoms. The van der Waals surface area contributed by atoms with Gasteiger partial charge in [-0.2, -0.15) is 0 Å². The summed E-state index contributed by atoms with van der Waals surface area (Å²) < 4.78 is 5.34. The number of aryl methyl sites for hydroxylation is 2. The third-order valence-corrected chi connectivity index (χ3v) is 6.05. The molecule has 1 N–H and O–H groups in total. The topological polar surface area (TPSA) is 84.7 Å². The van der Waals surface area contributed by atoms with E-state index in [1.165, 1.54) is 22.2 Å². The first-order chi connectivity index (χ1) is 11.1. The largest absolute Gasteiger partial charge is 0.425 e. The Balaban J connectivity index is 1.66. The van der Waals surface area contributed by atoms with Crippen molar-refractivity contribution in [1.82, 2.24) is 20.2 Å². The Morgan fingerprint density at radius 2 is 2.30 bits per heavy atom. The maximum Gasteiger partial charge on any atom is 0.260 e. The first-order valence-corrected chi connectivity index (χ1v) is 9.36. The zero-order valence-corrected chi connectivity index (χ0v) is 14.5. The molecule has 23 heavy (non-hydrogen) atoms. The average Bonchev–Trinajstić information content (AvgIpc) is 3.07. The third-order valence-electron chi connectivity index (χ3n) is 4.04. The monoisotopic (exact) mass is 348 g/mol. The van der Waals surface area contributed by atoms with E-state index in [2.05, 4.69) is 27.1 Å². The number of thioether (sulfide) groups is 1. The van der Waals surface area contributed by atoms with Crippen LogP contribution in [0.2, 0.25) is 0 Å². The zero-order chi connectivity index (χ0) is 16.0. The Kier molecular flexibility index (Phi) is 3.73. The lowest BCUT2D eigenvalue weighted by atomic mass is 9.89. The predicted octanol–water partition coefficient (Wildman–Crippen LogP) is 3.09. The van der Waals surface area contributed by atoms with Crippen LogP contribution < -0.4 is 5.56 Å². The van der Waals surface area contributed by atoms with Gasteiger partial charge in [-0.15, -0.1) is 21.5 Å². The predicted molar refractivity (Wildman–Crippen MR) is 90.0 cm³/mol. The number of H-pyrrole nitrogens is 1. The first kappa shape index (κ1) is 14.9. The minimum absolute atomic E-state index is 0.0359. The summed E-state index contributed by atoms with van der Waals surface area (Å²) in [6.07, 6.45) is 3.18.